The Morgan fingerprint density at radius 2 is 1.93 bits per heavy atom. The van der Waals surface area contributed by atoms with E-state index in [1.165, 1.54) is 5.56 Å². The van der Waals surface area contributed by atoms with Gasteiger partial charge in [-0.2, -0.15) is 0 Å². The zero-order valence-corrected chi connectivity index (χ0v) is 16.9. The third-order valence-electron chi connectivity index (χ3n) is 6.25. The largest absolute Gasteiger partial charge is 0.481 e. The van der Waals surface area contributed by atoms with E-state index >= 15 is 0 Å². The van der Waals surface area contributed by atoms with E-state index in [1.807, 2.05) is 24.4 Å². The van der Waals surface area contributed by atoms with Crippen molar-refractivity contribution in [2.45, 2.75) is 43.6 Å². The van der Waals surface area contributed by atoms with Crippen LogP contribution in [0.15, 0.2) is 42.6 Å². The van der Waals surface area contributed by atoms with E-state index in [1.54, 1.807) is 19.2 Å². The minimum Gasteiger partial charge on any atom is -0.481 e. The molecule has 0 unspecified atom stereocenters. The van der Waals surface area contributed by atoms with Crippen LogP contribution in [0.25, 0.3) is 0 Å². The standard InChI is InChI=1S/C22H26ClN3O2/c1-28-20-15-17(7-12-24-20)16-8-13-26(14-9-16)22(10-2-11-22)21(27)25-19-5-3-18(23)4-6-19/h3-7,12,15-16H,2,8-11,13-14H2,1H3,(H,25,27). The summed E-state index contributed by atoms with van der Waals surface area (Å²) < 4.78 is 5.26. The summed E-state index contributed by atoms with van der Waals surface area (Å²) in [5.41, 5.74) is 1.72. The second kappa shape index (κ2) is 8.10. The first-order valence-corrected chi connectivity index (χ1v) is 10.3. The summed E-state index contributed by atoms with van der Waals surface area (Å²) in [4.78, 5) is 19.7. The number of hydrogen-bond acceptors (Lipinski definition) is 4. The van der Waals surface area contributed by atoms with E-state index in [2.05, 4.69) is 21.3 Å². The number of halogens is 1. The molecule has 1 aromatic carbocycles. The Labute approximate surface area is 171 Å². The fraction of sp³-hybridized carbons (Fsp3) is 0.455. The fourth-order valence-corrected chi connectivity index (χ4v) is 4.54. The number of pyridine rings is 1. The first-order chi connectivity index (χ1) is 13.6. The number of benzene rings is 1. The van der Waals surface area contributed by atoms with E-state index in [0.29, 0.717) is 16.8 Å². The lowest BCUT2D eigenvalue weighted by molar-refractivity contribution is -0.135. The molecule has 1 aromatic heterocycles. The van der Waals surface area contributed by atoms with Crippen LogP contribution >= 0.6 is 11.6 Å². The van der Waals surface area contributed by atoms with Crippen LogP contribution in [0, 0.1) is 0 Å². The lowest BCUT2D eigenvalue weighted by atomic mass is 9.73. The van der Waals surface area contributed by atoms with Gasteiger partial charge in [0.25, 0.3) is 0 Å². The molecule has 1 aliphatic carbocycles. The van der Waals surface area contributed by atoms with Crippen LogP contribution in [-0.2, 0) is 4.79 Å². The fourth-order valence-electron chi connectivity index (χ4n) is 4.41. The van der Waals surface area contributed by atoms with Crippen molar-refractivity contribution < 1.29 is 9.53 Å². The highest BCUT2D eigenvalue weighted by molar-refractivity contribution is 6.30. The maximum absolute atomic E-state index is 13.1. The highest BCUT2D eigenvalue weighted by Crippen LogP contribution is 2.42. The molecule has 1 N–H and O–H groups in total. The van der Waals surface area contributed by atoms with Crippen molar-refractivity contribution >= 4 is 23.2 Å². The molecule has 2 fully saturated rings. The van der Waals surface area contributed by atoms with Gasteiger partial charge in [0.05, 0.1) is 7.11 Å². The van der Waals surface area contributed by atoms with Crippen molar-refractivity contribution in [3.63, 3.8) is 0 Å². The molecule has 1 saturated carbocycles. The molecule has 2 aliphatic rings. The van der Waals surface area contributed by atoms with Crippen LogP contribution in [0.1, 0.15) is 43.6 Å². The van der Waals surface area contributed by atoms with Crippen LogP contribution < -0.4 is 10.1 Å². The summed E-state index contributed by atoms with van der Waals surface area (Å²) in [5.74, 6) is 1.27. The Bertz CT molecular complexity index is 828. The van der Waals surface area contributed by atoms with E-state index in [9.17, 15) is 4.79 Å². The normalized spacial score (nSPS) is 19.6. The lowest BCUT2D eigenvalue weighted by Gasteiger charge is -2.51. The van der Waals surface area contributed by atoms with Crippen molar-refractivity contribution in [3.8, 4) is 5.88 Å². The van der Waals surface area contributed by atoms with Crippen LogP contribution in [0.4, 0.5) is 5.69 Å². The van der Waals surface area contributed by atoms with Gasteiger partial charge in [0.15, 0.2) is 0 Å². The van der Waals surface area contributed by atoms with Gasteiger partial charge in [0.1, 0.15) is 5.54 Å². The van der Waals surface area contributed by atoms with Gasteiger partial charge >= 0.3 is 0 Å². The molecule has 148 valence electrons. The molecule has 1 saturated heterocycles. The van der Waals surface area contributed by atoms with Gasteiger partial charge in [-0.15, -0.1) is 0 Å². The van der Waals surface area contributed by atoms with E-state index in [-0.39, 0.29) is 11.4 Å². The summed E-state index contributed by atoms with van der Waals surface area (Å²) in [6.07, 6.45) is 6.87. The van der Waals surface area contributed by atoms with Crippen molar-refractivity contribution in [2.75, 3.05) is 25.5 Å². The molecule has 2 heterocycles. The third kappa shape index (κ3) is 3.74. The summed E-state index contributed by atoms with van der Waals surface area (Å²) >= 11 is 5.95. The zero-order valence-electron chi connectivity index (χ0n) is 16.2. The number of likely N-dealkylation sites (tertiary alicyclic amines) is 1. The van der Waals surface area contributed by atoms with E-state index in [4.69, 9.17) is 16.3 Å². The predicted octanol–water partition coefficient (Wildman–Crippen LogP) is 4.48. The van der Waals surface area contributed by atoms with Crippen LogP contribution in [0.3, 0.4) is 0 Å². The number of nitrogens with zero attached hydrogens (tertiary/aromatic N) is 2. The maximum Gasteiger partial charge on any atom is 0.244 e. The third-order valence-corrected chi connectivity index (χ3v) is 6.50. The number of nitrogens with one attached hydrogen (secondary N) is 1. The number of hydrogen-bond donors (Lipinski definition) is 1. The highest BCUT2D eigenvalue weighted by Gasteiger charge is 2.49. The predicted molar refractivity (Wildman–Crippen MR) is 111 cm³/mol. The second-order valence-electron chi connectivity index (χ2n) is 7.74. The van der Waals surface area contributed by atoms with Gasteiger partial charge in [-0.1, -0.05) is 11.6 Å². The molecule has 28 heavy (non-hydrogen) atoms. The number of methoxy groups -OCH3 is 1. The zero-order chi connectivity index (χ0) is 19.6. The summed E-state index contributed by atoms with van der Waals surface area (Å²) in [7, 11) is 1.65. The van der Waals surface area contributed by atoms with Gasteiger partial charge in [0, 0.05) is 23.0 Å². The minimum absolute atomic E-state index is 0.116. The van der Waals surface area contributed by atoms with Crippen LogP contribution in [0.5, 0.6) is 5.88 Å². The number of carbonyl (C=O) groups is 1. The number of rotatable bonds is 5. The maximum atomic E-state index is 13.1. The Morgan fingerprint density at radius 3 is 2.54 bits per heavy atom. The molecule has 6 heteroatoms. The van der Waals surface area contributed by atoms with Gasteiger partial charge in [-0.25, -0.2) is 4.98 Å². The van der Waals surface area contributed by atoms with Crippen LogP contribution in [0.2, 0.25) is 5.02 Å². The number of amides is 1. The Morgan fingerprint density at radius 1 is 1.21 bits per heavy atom. The minimum atomic E-state index is -0.361. The monoisotopic (exact) mass is 399 g/mol. The van der Waals surface area contributed by atoms with Gasteiger partial charge in [-0.05, 0) is 87.0 Å². The SMILES string of the molecule is COc1cc(C2CCN(C3(C(=O)Nc4ccc(Cl)cc4)CCC3)CC2)ccn1. The first kappa shape index (κ1) is 19.2. The van der Waals surface area contributed by atoms with Crippen molar-refractivity contribution in [2.24, 2.45) is 0 Å². The molecule has 1 aliphatic heterocycles. The number of aromatic nitrogens is 1. The molecule has 0 atom stereocenters. The van der Waals surface area contributed by atoms with Crippen molar-refractivity contribution in [1.29, 1.82) is 0 Å². The van der Waals surface area contributed by atoms with E-state index < -0.39 is 0 Å². The number of carbonyl (C=O) groups excluding carboxylic acids is 1. The first-order valence-electron chi connectivity index (χ1n) is 9.93. The lowest BCUT2D eigenvalue weighted by Crippen LogP contribution is -2.62. The Hall–Kier alpha value is -2.11. The average Bonchev–Trinajstić information content (AvgIpc) is 2.69. The molecule has 0 spiro atoms. The Kier molecular flexibility index (Phi) is 5.56. The van der Waals surface area contributed by atoms with Crippen molar-refractivity contribution in [1.82, 2.24) is 9.88 Å². The molecule has 4 rings (SSSR count). The molecule has 0 bridgehead atoms. The van der Waals surface area contributed by atoms with E-state index in [0.717, 1.165) is 50.9 Å². The van der Waals surface area contributed by atoms with Crippen LogP contribution in [-0.4, -0.2) is 41.5 Å². The quantitative estimate of drug-likeness (QED) is 0.805. The molecule has 0 radical (unpaired) electrons. The second-order valence-corrected chi connectivity index (χ2v) is 8.18. The molecular formula is C22H26ClN3O2. The smallest absolute Gasteiger partial charge is 0.244 e. The van der Waals surface area contributed by atoms with Crippen molar-refractivity contribution in [3.05, 3.63) is 53.2 Å². The number of piperidine rings is 1. The van der Waals surface area contributed by atoms with Gasteiger partial charge in [0.2, 0.25) is 11.8 Å². The van der Waals surface area contributed by atoms with Gasteiger partial charge in [-0.3, -0.25) is 9.69 Å². The summed E-state index contributed by atoms with van der Waals surface area (Å²) in [6, 6.07) is 11.4. The molecule has 5 nitrogen and oxygen atoms in total. The molecule has 1 amide bonds. The summed E-state index contributed by atoms with van der Waals surface area (Å²) in [6.45, 7) is 1.87. The topological polar surface area (TPSA) is 54.5 Å². The van der Waals surface area contributed by atoms with Gasteiger partial charge < -0.3 is 10.1 Å². The molecular weight excluding hydrogens is 374 g/mol. The average molecular weight is 400 g/mol. The summed E-state index contributed by atoms with van der Waals surface area (Å²) in [5, 5.41) is 3.78. The number of anilines is 1. The number of ether oxygens (including phenoxy) is 1. The Balaban J connectivity index is 1.41. The molecule has 2 aromatic rings. The highest BCUT2D eigenvalue weighted by atomic mass is 35.5.